The van der Waals surface area contributed by atoms with E-state index in [1.165, 1.54) is 0 Å². The summed E-state index contributed by atoms with van der Waals surface area (Å²) in [6.07, 6.45) is 0.407. The zero-order chi connectivity index (χ0) is 18.4. The fourth-order valence-electron chi connectivity index (χ4n) is 2.42. The highest BCUT2D eigenvalue weighted by molar-refractivity contribution is 5.88. The van der Waals surface area contributed by atoms with Crippen LogP contribution in [0.15, 0.2) is 18.2 Å². The number of rotatable bonds is 8. The van der Waals surface area contributed by atoms with E-state index in [4.69, 9.17) is 14.6 Å². The van der Waals surface area contributed by atoms with E-state index in [1.807, 2.05) is 13.8 Å². The zero-order valence-electron chi connectivity index (χ0n) is 14.2. The summed E-state index contributed by atoms with van der Waals surface area (Å²) in [5.74, 6) is -0.623. The van der Waals surface area contributed by atoms with Crippen molar-refractivity contribution in [3.63, 3.8) is 0 Å². The van der Waals surface area contributed by atoms with E-state index in [0.29, 0.717) is 17.9 Å². The van der Waals surface area contributed by atoms with Gasteiger partial charge in [0.25, 0.3) is 0 Å². The van der Waals surface area contributed by atoms with Crippen LogP contribution in [0.2, 0.25) is 0 Å². The molecule has 2 amide bonds. The van der Waals surface area contributed by atoms with E-state index in [2.05, 4.69) is 10.6 Å². The monoisotopic (exact) mass is 350 g/mol. The van der Waals surface area contributed by atoms with Crippen molar-refractivity contribution in [3.05, 3.63) is 23.8 Å². The van der Waals surface area contributed by atoms with Crippen molar-refractivity contribution in [2.45, 2.75) is 32.7 Å². The highest BCUT2D eigenvalue weighted by Crippen LogP contribution is 2.32. The number of fused-ring (bicyclic) bond motifs is 1. The number of carboxylic acids is 1. The van der Waals surface area contributed by atoms with Gasteiger partial charge in [-0.05, 0) is 30.0 Å². The van der Waals surface area contributed by atoms with E-state index < -0.39 is 17.9 Å². The molecule has 0 unspecified atom stereocenters. The van der Waals surface area contributed by atoms with Crippen LogP contribution < -0.4 is 20.1 Å². The fourth-order valence-corrected chi connectivity index (χ4v) is 2.42. The van der Waals surface area contributed by atoms with E-state index in [1.54, 1.807) is 18.2 Å². The molecule has 1 heterocycles. The van der Waals surface area contributed by atoms with Gasteiger partial charge in [0.05, 0.1) is 13.0 Å². The van der Waals surface area contributed by atoms with Gasteiger partial charge in [0.1, 0.15) is 6.04 Å². The Labute approximate surface area is 145 Å². The van der Waals surface area contributed by atoms with Crippen LogP contribution in [0, 0.1) is 5.92 Å². The second kappa shape index (κ2) is 8.36. The normalized spacial score (nSPS) is 13.4. The molecule has 0 saturated carbocycles. The molecule has 25 heavy (non-hydrogen) atoms. The van der Waals surface area contributed by atoms with Gasteiger partial charge in [0.15, 0.2) is 11.5 Å². The summed E-state index contributed by atoms with van der Waals surface area (Å²) in [5.41, 5.74) is 0.727. The van der Waals surface area contributed by atoms with Crippen molar-refractivity contribution in [1.29, 1.82) is 0 Å². The maximum Gasteiger partial charge on any atom is 0.326 e. The summed E-state index contributed by atoms with van der Waals surface area (Å²) < 4.78 is 10.4. The summed E-state index contributed by atoms with van der Waals surface area (Å²) in [6, 6.07) is 4.22. The van der Waals surface area contributed by atoms with E-state index in [-0.39, 0.29) is 31.6 Å². The first-order valence-electron chi connectivity index (χ1n) is 8.02. The van der Waals surface area contributed by atoms with Crippen LogP contribution in [-0.4, -0.2) is 42.3 Å². The first-order chi connectivity index (χ1) is 11.8. The third-order valence-corrected chi connectivity index (χ3v) is 3.59. The molecule has 136 valence electrons. The van der Waals surface area contributed by atoms with Crippen LogP contribution in [0.5, 0.6) is 11.5 Å². The van der Waals surface area contributed by atoms with E-state index in [0.717, 1.165) is 5.56 Å². The number of benzene rings is 1. The highest BCUT2D eigenvalue weighted by Gasteiger charge is 2.21. The molecule has 0 radical (unpaired) electrons. The first kappa shape index (κ1) is 18.6. The second-order valence-corrected chi connectivity index (χ2v) is 6.23. The lowest BCUT2D eigenvalue weighted by atomic mass is 10.0. The molecule has 1 aliphatic heterocycles. The van der Waals surface area contributed by atoms with Gasteiger partial charge in [0, 0.05) is 0 Å². The Hall–Kier alpha value is -2.77. The molecule has 0 saturated heterocycles. The topological polar surface area (TPSA) is 114 Å². The molecular formula is C17H22N2O6. The molecule has 2 rings (SSSR count). The van der Waals surface area contributed by atoms with Crippen molar-refractivity contribution in [3.8, 4) is 11.5 Å². The smallest absolute Gasteiger partial charge is 0.326 e. The summed E-state index contributed by atoms with van der Waals surface area (Å²) in [5, 5.41) is 14.0. The quantitative estimate of drug-likeness (QED) is 0.636. The first-order valence-corrected chi connectivity index (χ1v) is 8.02. The summed E-state index contributed by atoms with van der Waals surface area (Å²) in [4.78, 5) is 34.9. The Morgan fingerprint density at radius 1 is 1.16 bits per heavy atom. The number of amides is 2. The summed E-state index contributed by atoms with van der Waals surface area (Å²) >= 11 is 0. The Kier molecular flexibility index (Phi) is 6.21. The van der Waals surface area contributed by atoms with Crippen LogP contribution in [-0.2, 0) is 20.8 Å². The summed E-state index contributed by atoms with van der Waals surface area (Å²) in [6.45, 7) is 3.63. The number of hydrogen-bond acceptors (Lipinski definition) is 5. The van der Waals surface area contributed by atoms with Crippen LogP contribution in [0.3, 0.4) is 0 Å². The van der Waals surface area contributed by atoms with Gasteiger partial charge in [-0.25, -0.2) is 4.79 Å². The lowest BCUT2D eigenvalue weighted by molar-refractivity contribution is -0.142. The van der Waals surface area contributed by atoms with Gasteiger partial charge >= 0.3 is 5.97 Å². The molecule has 1 aliphatic rings. The average molecular weight is 350 g/mol. The predicted octanol–water partition coefficient (Wildman–Crippen LogP) is 0.690. The van der Waals surface area contributed by atoms with E-state index >= 15 is 0 Å². The fraction of sp³-hybridized carbons (Fsp3) is 0.471. The minimum Gasteiger partial charge on any atom is -0.480 e. The van der Waals surface area contributed by atoms with Gasteiger partial charge in [-0.2, -0.15) is 0 Å². The second-order valence-electron chi connectivity index (χ2n) is 6.23. The lowest BCUT2D eigenvalue weighted by Gasteiger charge is -2.16. The maximum atomic E-state index is 11.9. The minimum atomic E-state index is -1.09. The number of carbonyl (C=O) groups excluding carboxylic acids is 2. The number of carbonyl (C=O) groups is 3. The van der Waals surface area contributed by atoms with Crippen molar-refractivity contribution < 1.29 is 29.0 Å². The van der Waals surface area contributed by atoms with Gasteiger partial charge in [-0.3, -0.25) is 9.59 Å². The molecule has 0 fully saturated rings. The molecule has 1 aromatic carbocycles. The third-order valence-electron chi connectivity index (χ3n) is 3.59. The Balaban J connectivity index is 1.79. The third kappa shape index (κ3) is 5.66. The molecule has 0 spiro atoms. The van der Waals surface area contributed by atoms with Crippen LogP contribution >= 0.6 is 0 Å². The Morgan fingerprint density at radius 2 is 1.88 bits per heavy atom. The standard InChI is InChI=1S/C17H22N2O6/c1-10(2)5-12(17(22)23)19-16(21)8-18-15(20)7-11-3-4-13-14(6-11)25-9-24-13/h3-4,6,10,12H,5,7-9H2,1-2H3,(H,18,20)(H,19,21)(H,22,23)/t12-/m0/s1. The van der Waals surface area contributed by atoms with Gasteiger partial charge < -0.3 is 25.2 Å². The van der Waals surface area contributed by atoms with Crippen molar-refractivity contribution >= 4 is 17.8 Å². The Bertz CT molecular complexity index is 659. The molecule has 3 N–H and O–H groups in total. The molecule has 0 aliphatic carbocycles. The molecule has 0 bridgehead atoms. The SMILES string of the molecule is CC(C)C[C@H](NC(=O)CNC(=O)Cc1ccc2c(c1)OCO2)C(=O)O. The highest BCUT2D eigenvalue weighted by atomic mass is 16.7. The Morgan fingerprint density at radius 3 is 2.56 bits per heavy atom. The van der Waals surface area contributed by atoms with E-state index in [9.17, 15) is 14.4 Å². The number of aliphatic carboxylic acids is 1. The van der Waals surface area contributed by atoms with Gasteiger partial charge in [0.2, 0.25) is 18.6 Å². The number of hydrogen-bond donors (Lipinski definition) is 3. The summed E-state index contributed by atoms with van der Waals surface area (Å²) in [7, 11) is 0. The largest absolute Gasteiger partial charge is 0.480 e. The van der Waals surface area contributed by atoms with Crippen LogP contribution in [0.4, 0.5) is 0 Å². The molecule has 8 heteroatoms. The predicted molar refractivity (Wildman–Crippen MR) is 88.3 cm³/mol. The maximum absolute atomic E-state index is 11.9. The molecule has 8 nitrogen and oxygen atoms in total. The van der Waals surface area contributed by atoms with Crippen molar-refractivity contribution in [1.82, 2.24) is 10.6 Å². The molecule has 0 aromatic heterocycles. The minimum absolute atomic E-state index is 0.0816. The van der Waals surface area contributed by atoms with Crippen molar-refractivity contribution in [2.75, 3.05) is 13.3 Å². The van der Waals surface area contributed by atoms with Crippen LogP contribution in [0.1, 0.15) is 25.8 Å². The molecule has 1 atom stereocenters. The molecule has 1 aromatic rings. The van der Waals surface area contributed by atoms with Gasteiger partial charge in [-0.1, -0.05) is 19.9 Å². The average Bonchev–Trinajstić information content (AvgIpc) is 2.99. The van der Waals surface area contributed by atoms with Gasteiger partial charge in [-0.15, -0.1) is 0 Å². The number of ether oxygens (including phenoxy) is 2. The number of carboxylic acid groups (broad SMARTS) is 1. The lowest BCUT2D eigenvalue weighted by Crippen LogP contribution is -2.46. The van der Waals surface area contributed by atoms with Crippen LogP contribution in [0.25, 0.3) is 0 Å². The number of nitrogens with one attached hydrogen (secondary N) is 2. The van der Waals surface area contributed by atoms with Crippen molar-refractivity contribution in [2.24, 2.45) is 5.92 Å². The zero-order valence-corrected chi connectivity index (χ0v) is 14.2. The molecular weight excluding hydrogens is 328 g/mol.